The third kappa shape index (κ3) is 5.48. The van der Waals surface area contributed by atoms with Crippen LogP contribution < -0.4 is 0 Å². The van der Waals surface area contributed by atoms with Gasteiger partial charge in [-0.25, -0.2) is 0 Å². The van der Waals surface area contributed by atoms with Crippen molar-refractivity contribution in [3.05, 3.63) is 128 Å². The van der Waals surface area contributed by atoms with Crippen molar-refractivity contribution >= 4 is 35.1 Å². The molecule has 0 aliphatic heterocycles. The Kier molecular flexibility index (Phi) is 9.93. The van der Waals surface area contributed by atoms with Crippen molar-refractivity contribution in [1.29, 1.82) is 0 Å². The summed E-state index contributed by atoms with van der Waals surface area (Å²) in [4.78, 5) is 0. The average Bonchev–Trinajstić information content (AvgIpc) is 3.60. The maximum atomic E-state index is 8.65. The fraction of sp³-hybridized carbons (Fsp3) is 0.364. The molecule has 2 atom stereocenters. The van der Waals surface area contributed by atoms with Crippen LogP contribution in [0.15, 0.2) is 83.9 Å². The first-order valence-corrected chi connectivity index (χ1v) is 34.5. The summed E-state index contributed by atoms with van der Waals surface area (Å²) in [5.74, 6) is -0.760. The van der Waals surface area contributed by atoms with Crippen molar-refractivity contribution in [2.75, 3.05) is 0 Å². The summed E-state index contributed by atoms with van der Waals surface area (Å²) in [5.41, 5.74) is 19.2. The standard InChI is InChI=1S/2C21H23.C2H7Si.2ClH.Zr/c2*1-5-16-10-11-17-12-15(4)13-20(17)21(16)19-9-7-6-8-18(19)14(2)3;1-3-2;;;/h2*6-14H,5H2,1-4H3;3H,1-2H3;2*1H;/q;;;;;+2/p-2. The van der Waals surface area contributed by atoms with Gasteiger partial charge in [-0.3, -0.25) is 0 Å². The van der Waals surface area contributed by atoms with E-state index in [4.69, 9.17) is 17.0 Å². The Labute approximate surface area is 299 Å². The summed E-state index contributed by atoms with van der Waals surface area (Å²) in [6, 6.07) is 27.6. The van der Waals surface area contributed by atoms with Crippen molar-refractivity contribution in [1.82, 2.24) is 0 Å². The molecule has 6 rings (SSSR count). The Bertz CT molecular complexity index is 1830. The summed E-state index contributed by atoms with van der Waals surface area (Å²) in [6.07, 6.45) is 6.92. The first-order chi connectivity index (χ1) is 22.8. The first kappa shape index (κ1) is 35.9. The van der Waals surface area contributed by atoms with E-state index in [0.29, 0.717) is 11.8 Å². The molecule has 0 saturated carbocycles. The minimum atomic E-state index is -4.81. The van der Waals surface area contributed by atoms with Crippen LogP contribution in [0, 0.1) is 0 Å². The van der Waals surface area contributed by atoms with Gasteiger partial charge in [-0.15, -0.1) is 0 Å². The first-order valence-electron chi connectivity index (χ1n) is 18.2. The molecule has 2 aliphatic rings. The van der Waals surface area contributed by atoms with Crippen molar-refractivity contribution in [3.8, 4) is 22.3 Å². The molecule has 0 bridgehead atoms. The van der Waals surface area contributed by atoms with Crippen molar-refractivity contribution < 1.29 is 15.6 Å². The fourth-order valence-electron chi connectivity index (χ4n) is 9.27. The van der Waals surface area contributed by atoms with Gasteiger partial charge in [0.2, 0.25) is 0 Å². The Morgan fingerprint density at radius 1 is 0.604 bits per heavy atom. The van der Waals surface area contributed by atoms with Crippen LogP contribution in [0.2, 0.25) is 13.1 Å². The third-order valence-corrected chi connectivity index (χ3v) is 63.9. The molecule has 4 heteroatoms. The van der Waals surface area contributed by atoms with E-state index < -0.39 is 21.5 Å². The van der Waals surface area contributed by atoms with E-state index in [1.165, 1.54) is 77.9 Å². The molecule has 48 heavy (non-hydrogen) atoms. The zero-order chi connectivity index (χ0) is 34.7. The Balaban J connectivity index is 1.61. The maximum absolute atomic E-state index is 8.65. The minimum absolute atomic E-state index is 0.0869. The van der Waals surface area contributed by atoms with E-state index in [-0.39, 0.29) is 7.25 Å². The molecule has 4 aromatic carbocycles. The molecule has 0 radical (unpaired) electrons. The molecular formula is C44H53Cl2SiZr. The fourth-order valence-corrected chi connectivity index (χ4v) is 42.2. The molecule has 0 fully saturated rings. The van der Waals surface area contributed by atoms with Gasteiger partial charge in [0.25, 0.3) is 0 Å². The molecule has 0 aromatic heterocycles. The number of allylic oxidation sites excluding steroid dienone is 2. The number of hydrogen-bond acceptors (Lipinski definition) is 0. The number of halogens is 2. The summed E-state index contributed by atoms with van der Waals surface area (Å²) < 4.78 is 0.174. The second-order valence-corrected chi connectivity index (χ2v) is 57.9. The molecule has 2 aliphatic carbocycles. The van der Waals surface area contributed by atoms with Crippen LogP contribution in [0.25, 0.3) is 34.4 Å². The van der Waals surface area contributed by atoms with E-state index >= 15 is 0 Å². The molecule has 4 aromatic rings. The SMILES string of the molecule is CCc1ccc2c(c1-c1ccccc1C(C)C)C=C(C)[CH]2[Zr]([Cl])([Cl])([CH]1C(C)=Cc2c1ccc(CC)c2-c1ccccc1C(C)C)[SiH](C)C. The second-order valence-electron chi connectivity index (χ2n) is 15.4. The van der Waals surface area contributed by atoms with Gasteiger partial charge in [-0.2, -0.15) is 0 Å². The Morgan fingerprint density at radius 2 is 0.979 bits per heavy atom. The van der Waals surface area contributed by atoms with Crippen molar-refractivity contribution in [2.24, 2.45) is 0 Å². The van der Waals surface area contributed by atoms with Crippen LogP contribution in [0.5, 0.6) is 0 Å². The molecule has 0 spiro atoms. The monoisotopic (exact) mass is 769 g/mol. The van der Waals surface area contributed by atoms with E-state index in [0.717, 1.165) is 12.8 Å². The van der Waals surface area contributed by atoms with Crippen LogP contribution >= 0.6 is 17.0 Å². The number of fused-ring (bicyclic) bond motifs is 2. The van der Waals surface area contributed by atoms with Gasteiger partial charge < -0.3 is 0 Å². The van der Waals surface area contributed by atoms with E-state index in [9.17, 15) is 0 Å². The van der Waals surface area contributed by atoms with E-state index in [1.807, 2.05) is 0 Å². The van der Waals surface area contributed by atoms with Gasteiger partial charge in [0.05, 0.1) is 0 Å². The van der Waals surface area contributed by atoms with Gasteiger partial charge in [0.1, 0.15) is 0 Å². The number of hydrogen-bond donors (Lipinski definition) is 0. The summed E-state index contributed by atoms with van der Waals surface area (Å²) in [7, 11) is 17.3. The molecular weight excluding hydrogens is 719 g/mol. The molecule has 251 valence electrons. The zero-order valence-electron chi connectivity index (χ0n) is 30.6. The number of rotatable bonds is 9. The quantitative estimate of drug-likeness (QED) is 0.149. The van der Waals surface area contributed by atoms with Crippen molar-refractivity contribution in [2.45, 2.75) is 100 Å². The third-order valence-electron chi connectivity index (χ3n) is 11.7. The van der Waals surface area contributed by atoms with E-state index in [1.54, 1.807) is 0 Å². The molecule has 0 nitrogen and oxygen atoms in total. The normalized spacial score (nSPS) is 18.2. The van der Waals surface area contributed by atoms with Crippen molar-refractivity contribution in [3.63, 3.8) is 0 Å². The molecule has 0 amide bonds. The number of aryl methyl sites for hydroxylation is 2. The summed E-state index contributed by atoms with van der Waals surface area (Å²) >= 11 is -4.81. The Morgan fingerprint density at radius 3 is 1.31 bits per heavy atom. The van der Waals surface area contributed by atoms with Gasteiger partial charge in [-0.1, -0.05) is 0 Å². The van der Waals surface area contributed by atoms with Crippen LogP contribution in [0.3, 0.4) is 0 Å². The van der Waals surface area contributed by atoms with Crippen LogP contribution in [-0.4, -0.2) is 5.92 Å². The zero-order valence-corrected chi connectivity index (χ0v) is 35.8. The van der Waals surface area contributed by atoms with Crippen LogP contribution in [-0.2, 0) is 28.4 Å². The van der Waals surface area contributed by atoms with Crippen LogP contribution in [0.4, 0.5) is 0 Å². The summed E-state index contributed by atoms with van der Waals surface area (Å²) in [5, 5.41) is 0. The molecule has 2 unspecified atom stereocenters. The average molecular weight is 772 g/mol. The summed E-state index contributed by atoms with van der Waals surface area (Å²) in [6.45, 7) is 23.3. The van der Waals surface area contributed by atoms with Gasteiger partial charge in [0, 0.05) is 0 Å². The number of benzene rings is 4. The van der Waals surface area contributed by atoms with E-state index in [2.05, 4.69) is 153 Å². The molecule has 0 saturated heterocycles. The second kappa shape index (κ2) is 13.3. The predicted molar refractivity (Wildman–Crippen MR) is 214 cm³/mol. The topological polar surface area (TPSA) is 0 Å². The molecule has 0 N–H and O–H groups in total. The van der Waals surface area contributed by atoms with Gasteiger partial charge in [-0.05, 0) is 0 Å². The predicted octanol–water partition coefficient (Wildman–Crippen LogP) is 14.0. The van der Waals surface area contributed by atoms with Gasteiger partial charge in [0.15, 0.2) is 0 Å². The molecule has 0 heterocycles. The Hall–Kier alpha value is -1.96. The van der Waals surface area contributed by atoms with Crippen LogP contribution in [0.1, 0.15) is 119 Å². The van der Waals surface area contributed by atoms with Gasteiger partial charge >= 0.3 is 302 Å².